The van der Waals surface area contributed by atoms with Gasteiger partial charge in [0.15, 0.2) is 0 Å². The predicted molar refractivity (Wildman–Crippen MR) is 127 cm³/mol. The highest BCUT2D eigenvalue weighted by atomic mass is 19.4. The zero-order valence-electron chi connectivity index (χ0n) is 20.0. The molecule has 7 nitrogen and oxygen atoms in total. The van der Waals surface area contributed by atoms with Gasteiger partial charge in [-0.05, 0) is 54.5 Å². The van der Waals surface area contributed by atoms with E-state index in [0.717, 1.165) is 11.6 Å². The number of piperidine rings is 1. The number of hydrogen-bond donors (Lipinski definition) is 1. The van der Waals surface area contributed by atoms with Crippen molar-refractivity contribution in [3.05, 3.63) is 59.4 Å². The van der Waals surface area contributed by atoms with Crippen molar-refractivity contribution < 1.29 is 22.8 Å². The number of benzene rings is 1. The van der Waals surface area contributed by atoms with Gasteiger partial charge in [-0.1, -0.05) is 6.07 Å². The van der Waals surface area contributed by atoms with Crippen LogP contribution in [0.2, 0.25) is 0 Å². The maximum atomic E-state index is 13.4. The largest absolute Gasteiger partial charge is 0.417 e. The second-order valence-electron chi connectivity index (χ2n) is 9.39. The third kappa shape index (κ3) is 5.45. The van der Waals surface area contributed by atoms with Crippen LogP contribution in [0.1, 0.15) is 29.5 Å². The van der Waals surface area contributed by atoms with Crippen LogP contribution in [-0.2, 0) is 22.2 Å². The number of aromatic nitrogens is 1. The predicted octanol–water partition coefficient (Wildman–Crippen LogP) is 3.25. The molecule has 1 N–H and O–H groups in total. The monoisotopic (exact) mass is 499 g/mol. The molecule has 2 aliphatic rings. The van der Waals surface area contributed by atoms with Gasteiger partial charge in [0.2, 0.25) is 11.8 Å². The van der Waals surface area contributed by atoms with Gasteiger partial charge in [-0.15, -0.1) is 0 Å². The fourth-order valence-corrected chi connectivity index (χ4v) is 5.41. The molecule has 0 unspecified atom stereocenters. The summed E-state index contributed by atoms with van der Waals surface area (Å²) in [5, 5.41) is 11.8. The summed E-state index contributed by atoms with van der Waals surface area (Å²) in [7, 11) is 1.59. The van der Waals surface area contributed by atoms with Crippen molar-refractivity contribution in [1.82, 2.24) is 15.2 Å². The molecule has 2 aromatic rings. The standard InChI is InChI=1S/C26H28F3N5O2/c1-31-25(36)22-16-34(24(35)11-17-3-2-8-32-14-17)15-21(22)18-6-9-33(10-7-18)20-5-4-19(13-30)23(12-20)26(27,28)29/h2-5,8,12,14,18,21-22H,6-7,9-11,15-16H2,1H3,(H,31,36)/t21-,22+/m0/s1. The molecule has 1 aromatic carbocycles. The first-order chi connectivity index (χ1) is 17.2. The Kier molecular flexibility index (Phi) is 7.48. The Morgan fingerprint density at radius 1 is 1.19 bits per heavy atom. The molecule has 4 rings (SSSR count). The number of pyridine rings is 1. The van der Waals surface area contributed by atoms with Gasteiger partial charge in [0.25, 0.3) is 0 Å². The number of nitrogens with one attached hydrogen (secondary N) is 1. The first-order valence-corrected chi connectivity index (χ1v) is 12.0. The number of nitriles is 1. The van der Waals surface area contributed by atoms with E-state index in [1.807, 2.05) is 11.0 Å². The Balaban J connectivity index is 1.44. The number of rotatable bonds is 5. The fourth-order valence-electron chi connectivity index (χ4n) is 5.41. The van der Waals surface area contributed by atoms with Gasteiger partial charge in [0.1, 0.15) is 0 Å². The normalized spacial score (nSPS) is 20.8. The molecule has 10 heteroatoms. The number of nitrogens with zero attached hydrogens (tertiary/aromatic N) is 4. The Morgan fingerprint density at radius 2 is 1.94 bits per heavy atom. The zero-order chi connectivity index (χ0) is 25.9. The van der Waals surface area contributed by atoms with E-state index in [1.165, 1.54) is 6.07 Å². The first kappa shape index (κ1) is 25.5. The van der Waals surface area contributed by atoms with Crippen molar-refractivity contribution in [2.24, 2.45) is 17.8 Å². The van der Waals surface area contributed by atoms with Gasteiger partial charge >= 0.3 is 6.18 Å². The second-order valence-corrected chi connectivity index (χ2v) is 9.39. The number of halogens is 3. The average molecular weight is 500 g/mol. The molecule has 0 saturated carbocycles. The fraction of sp³-hybridized carbons (Fsp3) is 0.462. The molecule has 190 valence electrons. The van der Waals surface area contributed by atoms with Crippen molar-refractivity contribution in [2.75, 3.05) is 38.1 Å². The topological polar surface area (TPSA) is 89.3 Å². The number of carbonyl (C=O) groups excluding carboxylic acids is 2. The van der Waals surface area contributed by atoms with Crippen LogP contribution in [0.25, 0.3) is 0 Å². The van der Waals surface area contributed by atoms with E-state index in [-0.39, 0.29) is 36.0 Å². The third-order valence-electron chi connectivity index (χ3n) is 7.32. The number of anilines is 1. The summed E-state index contributed by atoms with van der Waals surface area (Å²) >= 11 is 0. The van der Waals surface area contributed by atoms with E-state index >= 15 is 0 Å². The minimum Gasteiger partial charge on any atom is -0.372 e. The second kappa shape index (κ2) is 10.6. The molecular formula is C26H28F3N5O2. The van der Waals surface area contributed by atoms with E-state index in [0.29, 0.717) is 44.7 Å². The van der Waals surface area contributed by atoms with Crippen molar-refractivity contribution in [3.8, 4) is 6.07 Å². The molecule has 2 saturated heterocycles. The van der Waals surface area contributed by atoms with Crippen molar-refractivity contribution in [1.29, 1.82) is 5.26 Å². The summed E-state index contributed by atoms with van der Waals surface area (Å²) < 4.78 is 40.2. The quantitative estimate of drug-likeness (QED) is 0.682. The minimum absolute atomic E-state index is 0.0170. The summed E-state index contributed by atoms with van der Waals surface area (Å²) in [5.74, 6) is -0.317. The van der Waals surface area contributed by atoms with E-state index in [2.05, 4.69) is 10.3 Å². The van der Waals surface area contributed by atoms with Crippen molar-refractivity contribution in [2.45, 2.75) is 25.4 Å². The molecule has 0 aliphatic carbocycles. The molecule has 2 aliphatic heterocycles. The van der Waals surface area contributed by atoms with E-state index < -0.39 is 17.3 Å². The Labute approximate surface area is 207 Å². The van der Waals surface area contributed by atoms with Gasteiger partial charge in [-0.3, -0.25) is 14.6 Å². The minimum atomic E-state index is -4.60. The lowest BCUT2D eigenvalue weighted by Gasteiger charge is -2.37. The average Bonchev–Trinajstić information content (AvgIpc) is 3.34. The summed E-state index contributed by atoms with van der Waals surface area (Å²) in [6.07, 6.45) is 0.324. The molecule has 1 aromatic heterocycles. The molecular weight excluding hydrogens is 471 g/mol. The maximum Gasteiger partial charge on any atom is 0.417 e. The van der Waals surface area contributed by atoms with Crippen LogP contribution in [0.4, 0.5) is 18.9 Å². The third-order valence-corrected chi connectivity index (χ3v) is 7.32. The van der Waals surface area contributed by atoms with Gasteiger partial charge in [0, 0.05) is 51.3 Å². The lowest BCUT2D eigenvalue weighted by molar-refractivity contribution is -0.137. The smallest absolute Gasteiger partial charge is 0.372 e. The molecule has 2 atom stereocenters. The molecule has 0 radical (unpaired) electrons. The highest BCUT2D eigenvalue weighted by Gasteiger charge is 2.44. The Hall–Kier alpha value is -3.61. The van der Waals surface area contributed by atoms with Crippen LogP contribution in [0.15, 0.2) is 42.7 Å². The van der Waals surface area contributed by atoms with Crippen LogP contribution in [0.5, 0.6) is 0 Å². The molecule has 0 spiro atoms. The van der Waals surface area contributed by atoms with Crippen LogP contribution in [0, 0.1) is 29.1 Å². The number of likely N-dealkylation sites (tertiary alicyclic amines) is 1. The van der Waals surface area contributed by atoms with Crippen LogP contribution in [0.3, 0.4) is 0 Å². The van der Waals surface area contributed by atoms with Crippen molar-refractivity contribution >= 4 is 17.5 Å². The SMILES string of the molecule is CNC(=O)[C@@H]1CN(C(=O)Cc2cccnc2)C[C@H]1C1CCN(c2ccc(C#N)c(C(F)(F)F)c2)CC1. The summed E-state index contributed by atoms with van der Waals surface area (Å²) in [5.41, 5.74) is -0.0712. The highest BCUT2D eigenvalue weighted by molar-refractivity contribution is 5.83. The lowest BCUT2D eigenvalue weighted by Crippen LogP contribution is -2.41. The first-order valence-electron chi connectivity index (χ1n) is 12.0. The van der Waals surface area contributed by atoms with Crippen LogP contribution < -0.4 is 10.2 Å². The van der Waals surface area contributed by atoms with Gasteiger partial charge < -0.3 is 15.1 Å². The van der Waals surface area contributed by atoms with E-state index in [1.54, 1.807) is 42.5 Å². The van der Waals surface area contributed by atoms with Crippen LogP contribution in [-0.4, -0.2) is 54.9 Å². The molecule has 36 heavy (non-hydrogen) atoms. The number of hydrogen-bond acceptors (Lipinski definition) is 5. The molecule has 2 amide bonds. The van der Waals surface area contributed by atoms with Crippen LogP contribution >= 0.6 is 0 Å². The maximum absolute atomic E-state index is 13.4. The Morgan fingerprint density at radius 3 is 2.56 bits per heavy atom. The summed E-state index contributed by atoms with van der Waals surface area (Å²) in [6.45, 7) is 1.91. The van der Waals surface area contributed by atoms with Gasteiger partial charge in [0.05, 0.1) is 29.5 Å². The van der Waals surface area contributed by atoms with E-state index in [4.69, 9.17) is 5.26 Å². The number of carbonyl (C=O) groups is 2. The summed E-state index contributed by atoms with van der Waals surface area (Å²) in [6, 6.07) is 9.05. The molecule has 2 fully saturated rings. The van der Waals surface area contributed by atoms with Gasteiger partial charge in [-0.2, -0.15) is 18.4 Å². The lowest BCUT2D eigenvalue weighted by atomic mass is 9.78. The number of amides is 2. The Bertz CT molecular complexity index is 1140. The zero-order valence-corrected chi connectivity index (χ0v) is 20.0. The number of alkyl halides is 3. The van der Waals surface area contributed by atoms with Crippen molar-refractivity contribution in [3.63, 3.8) is 0 Å². The van der Waals surface area contributed by atoms with E-state index in [9.17, 15) is 22.8 Å². The summed E-state index contributed by atoms with van der Waals surface area (Å²) in [4.78, 5) is 33.3. The van der Waals surface area contributed by atoms with Gasteiger partial charge in [-0.25, -0.2) is 0 Å². The molecule has 3 heterocycles. The molecule has 0 bridgehead atoms. The highest BCUT2D eigenvalue weighted by Crippen LogP contribution is 2.39.